The van der Waals surface area contributed by atoms with Crippen LogP contribution in [0.5, 0.6) is 5.75 Å². The first-order chi connectivity index (χ1) is 15.7. The van der Waals surface area contributed by atoms with E-state index in [-0.39, 0.29) is 0 Å². The lowest BCUT2D eigenvalue weighted by molar-refractivity contribution is 0.126. The molecular formula is C25H29N5O2. The SMILES string of the molecule is COc1ccc2c(c1)C(=NOCCN(C)C)c1c-2c(N2CCNCC2)nc2ccccc12. The average Bonchev–Trinajstić information content (AvgIpc) is 3.15. The van der Waals surface area contributed by atoms with Gasteiger partial charge in [-0.2, -0.15) is 0 Å². The van der Waals surface area contributed by atoms with Crippen LogP contribution in [-0.4, -0.2) is 76.1 Å². The first-order valence-electron chi connectivity index (χ1n) is 11.1. The minimum absolute atomic E-state index is 0.527. The summed E-state index contributed by atoms with van der Waals surface area (Å²) in [6, 6.07) is 14.5. The average molecular weight is 432 g/mol. The second kappa shape index (κ2) is 8.76. The lowest BCUT2D eigenvalue weighted by Gasteiger charge is -2.30. The van der Waals surface area contributed by atoms with Crippen molar-refractivity contribution in [3.8, 4) is 16.9 Å². The predicted molar refractivity (Wildman–Crippen MR) is 129 cm³/mol. The van der Waals surface area contributed by atoms with E-state index in [1.54, 1.807) is 7.11 Å². The number of fused-ring (bicyclic) bond motifs is 5. The number of hydrogen-bond acceptors (Lipinski definition) is 7. The fourth-order valence-corrected chi connectivity index (χ4v) is 4.43. The molecule has 1 aliphatic carbocycles. The lowest BCUT2D eigenvalue weighted by Crippen LogP contribution is -2.44. The number of ether oxygens (including phenoxy) is 1. The van der Waals surface area contributed by atoms with Crippen molar-refractivity contribution in [2.24, 2.45) is 5.16 Å². The van der Waals surface area contributed by atoms with Gasteiger partial charge in [-0.1, -0.05) is 23.4 Å². The molecule has 0 saturated carbocycles. The van der Waals surface area contributed by atoms with Crippen LogP contribution in [0.25, 0.3) is 22.0 Å². The summed E-state index contributed by atoms with van der Waals surface area (Å²) in [5.41, 5.74) is 6.21. The van der Waals surface area contributed by atoms with Gasteiger partial charge in [0.1, 0.15) is 23.9 Å². The van der Waals surface area contributed by atoms with Crippen molar-refractivity contribution >= 4 is 22.4 Å². The van der Waals surface area contributed by atoms with Crippen molar-refractivity contribution in [1.82, 2.24) is 15.2 Å². The van der Waals surface area contributed by atoms with Crippen molar-refractivity contribution in [3.63, 3.8) is 0 Å². The number of rotatable bonds is 6. The zero-order valence-corrected chi connectivity index (χ0v) is 18.9. The molecule has 2 aliphatic rings. The number of para-hydroxylation sites is 1. The standard InChI is InChI=1S/C25H29N5O2/c1-29(2)14-15-32-28-24-20-16-17(31-3)8-9-18(20)23-22(24)19-6-4-5-7-21(19)27-25(23)30-12-10-26-11-13-30/h4-9,16,26H,10-15H2,1-3H3. The summed E-state index contributed by atoms with van der Waals surface area (Å²) in [6.45, 7) is 5.08. The van der Waals surface area contributed by atoms with Gasteiger partial charge in [0.05, 0.1) is 12.6 Å². The molecule has 2 heterocycles. The Morgan fingerprint density at radius 3 is 2.66 bits per heavy atom. The molecule has 1 aromatic heterocycles. The topological polar surface area (TPSA) is 62.2 Å². The van der Waals surface area contributed by atoms with Crippen LogP contribution in [0, 0.1) is 0 Å². The third-order valence-corrected chi connectivity index (χ3v) is 6.06. The van der Waals surface area contributed by atoms with E-state index in [1.807, 2.05) is 26.2 Å². The molecule has 0 spiro atoms. The maximum Gasteiger partial charge on any atom is 0.137 e. The fourth-order valence-electron chi connectivity index (χ4n) is 4.43. The van der Waals surface area contributed by atoms with E-state index in [0.717, 1.165) is 83.2 Å². The number of oxime groups is 1. The fraction of sp³-hybridized carbons (Fsp3) is 0.360. The van der Waals surface area contributed by atoms with Gasteiger partial charge in [0.25, 0.3) is 0 Å². The highest BCUT2D eigenvalue weighted by molar-refractivity contribution is 6.30. The van der Waals surface area contributed by atoms with E-state index in [1.165, 1.54) is 0 Å². The van der Waals surface area contributed by atoms with E-state index in [2.05, 4.69) is 50.6 Å². The minimum atomic E-state index is 0.527. The van der Waals surface area contributed by atoms with Crippen molar-refractivity contribution in [3.05, 3.63) is 53.6 Å². The number of benzene rings is 2. The van der Waals surface area contributed by atoms with Crippen LogP contribution >= 0.6 is 0 Å². The van der Waals surface area contributed by atoms with Crippen molar-refractivity contribution in [2.75, 3.05) is 65.4 Å². The highest BCUT2D eigenvalue weighted by atomic mass is 16.6. The molecule has 0 amide bonds. The van der Waals surface area contributed by atoms with E-state index >= 15 is 0 Å². The monoisotopic (exact) mass is 431 g/mol. The second-order valence-corrected chi connectivity index (χ2v) is 8.43. The van der Waals surface area contributed by atoms with Gasteiger partial charge in [-0.05, 0) is 43.9 Å². The number of pyridine rings is 1. The van der Waals surface area contributed by atoms with E-state index in [4.69, 9.17) is 14.6 Å². The molecule has 0 bridgehead atoms. The van der Waals surface area contributed by atoms with Gasteiger partial charge in [-0.25, -0.2) is 4.98 Å². The Balaban J connectivity index is 1.73. The molecule has 5 rings (SSSR count). The molecule has 32 heavy (non-hydrogen) atoms. The molecule has 3 aromatic rings. The second-order valence-electron chi connectivity index (χ2n) is 8.43. The third kappa shape index (κ3) is 3.67. The van der Waals surface area contributed by atoms with Gasteiger partial charge >= 0.3 is 0 Å². The van der Waals surface area contributed by atoms with Crippen LogP contribution in [-0.2, 0) is 4.84 Å². The van der Waals surface area contributed by atoms with Crippen molar-refractivity contribution < 1.29 is 9.57 Å². The van der Waals surface area contributed by atoms with Gasteiger partial charge in [0.2, 0.25) is 0 Å². The molecular weight excluding hydrogens is 402 g/mol. The summed E-state index contributed by atoms with van der Waals surface area (Å²) in [7, 11) is 5.75. The molecule has 1 aliphatic heterocycles. The van der Waals surface area contributed by atoms with Gasteiger partial charge in [-0.15, -0.1) is 0 Å². The van der Waals surface area contributed by atoms with Crippen LogP contribution < -0.4 is 15.0 Å². The highest BCUT2D eigenvalue weighted by Gasteiger charge is 2.33. The van der Waals surface area contributed by atoms with Gasteiger partial charge in [0.15, 0.2) is 0 Å². The molecule has 2 aromatic carbocycles. The number of piperazine rings is 1. The molecule has 1 fully saturated rings. The number of methoxy groups -OCH3 is 1. The Kier molecular flexibility index (Phi) is 5.68. The molecule has 0 unspecified atom stereocenters. The number of nitrogens with zero attached hydrogens (tertiary/aromatic N) is 4. The third-order valence-electron chi connectivity index (χ3n) is 6.06. The molecule has 7 heteroatoms. The predicted octanol–water partition coefficient (Wildman–Crippen LogP) is 2.96. The molecule has 1 N–H and O–H groups in total. The van der Waals surface area contributed by atoms with Gasteiger partial charge < -0.3 is 24.7 Å². The summed E-state index contributed by atoms with van der Waals surface area (Å²) in [4.78, 5) is 15.4. The maximum atomic E-state index is 5.81. The van der Waals surface area contributed by atoms with Crippen molar-refractivity contribution in [1.29, 1.82) is 0 Å². The van der Waals surface area contributed by atoms with Crippen LogP contribution in [0.4, 0.5) is 5.82 Å². The normalized spacial score (nSPS) is 16.5. The Morgan fingerprint density at radius 2 is 1.88 bits per heavy atom. The van der Waals surface area contributed by atoms with E-state index in [9.17, 15) is 0 Å². The quantitative estimate of drug-likeness (QED) is 0.374. The van der Waals surface area contributed by atoms with Crippen LogP contribution in [0.1, 0.15) is 11.1 Å². The van der Waals surface area contributed by atoms with E-state index in [0.29, 0.717) is 6.61 Å². The number of aromatic nitrogens is 1. The lowest BCUT2D eigenvalue weighted by atomic mass is 10.0. The molecule has 0 radical (unpaired) electrons. The first-order valence-corrected chi connectivity index (χ1v) is 11.1. The Hall–Kier alpha value is -3.16. The van der Waals surface area contributed by atoms with Crippen LogP contribution in [0.15, 0.2) is 47.6 Å². The summed E-state index contributed by atoms with van der Waals surface area (Å²) >= 11 is 0. The summed E-state index contributed by atoms with van der Waals surface area (Å²) in [6.07, 6.45) is 0. The first kappa shape index (κ1) is 20.7. The van der Waals surface area contributed by atoms with Crippen LogP contribution in [0.2, 0.25) is 0 Å². The Bertz CT molecular complexity index is 1170. The zero-order chi connectivity index (χ0) is 22.1. The Morgan fingerprint density at radius 1 is 1.06 bits per heavy atom. The van der Waals surface area contributed by atoms with E-state index < -0.39 is 0 Å². The number of nitrogens with one attached hydrogen (secondary N) is 1. The summed E-state index contributed by atoms with van der Waals surface area (Å²) < 4.78 is 5.54. The van der Waals surface area contributed by atoms with Crippen LogP contribution in [0.3, 0.4) is 0 Å². The smallest absolute Gasteiger partial charge is 0.137 e. The zero-order valence-electron chi connectivity index (χ0n) is 18.9. The number of anilines is 1. The maximum absolute atomic E-state index is 5.81. The molecule has 0 atom stereocenters. The highest BCUT2D eigenvalue weighted by Crippen LogP contribution is 2.46. The molecule has 166 valence electrons. The molecule has 7 nitrogen and oxygen atoms in total. The summed E-state index contributed by atoms with van der Waals surface area (Å²) in [5, 5.41) is 9.20. The number of likely N-dealkylation sites (N-methyl/N-ethyl adjacent to an activating group) is 1. The summed E-state index contributed by atoms with van der Waals surface area (Å²) in [5.74, 6) is 1.82. The molecule has 1 saturated heterocycles. The van der Waals surface area contributed by atoms with Gasteiger partial charge in [-0.3, -0.25) is 0 Å². The van der Waals surface area contributed by atoms with Crippen molar-refractivity contribution in [2.45, 2.75) is 0 Å². The van der Waals surface area contributed by atoms with Gasteiger partial charge in [0, 0.05) is 54.8 Å². The minimum Gasteiger partial charge on any atom is -0.497 e. The Labute approximate surface area is 188 Å². The largest absolute Gasteiger partial charge is 0.497 e. The number of hydrogen-bond donors (Lipinski definition) is 1.